The smallest absolute Gasteiger partial charge is 0.140 e. The normalized spacial score (nSPS) is 44.6. The van der Waals surface area contributed by atoms with E-state index in [0.29, 0.717) is 36.1 Å². The molecule has 0 saturated heterocycles. The second-order valence-corrected chi connectivity index (χ2v) is 12.6. The number of rotatable bonds is 5. The van der Waals surface area contributed by atoms with E-state index in [2.05, 4.69) is 24.9 Å². The first kappa shape index (κ1) is 23.5. The van der Waals surface area contributed by atoms with Crippen LogP contribution in [-0.4, -0.2) is 35.2 Å². The number of carbonyl (C=O) groups is 1. The molecule has 0 radical (unpaired) electrons. The van der Waals surface area contributed by atoms with Gasteiger partial charge >= 0.3 is 0 Å². The van der Waals surface area contributed by atoms with Crippen molar-refractivity contribution in [1.82, 2.24) is 4.98 Å². The van der Waals surface area contributed by atoms with Gasteiger partial charge in [0.2, 0.25) is 0 Å². The van der Waals surface area contributed by atoms with Gasteiger partial charge in [-0.1, -0.05) is 19.9 Å². The third kappa shape index (κ3) is 3.80. The molecule has 5 rings (SSSR count). The summed E-state index contributed by atoms with van der Waals surface area (Å²) in [5, 5.41) is 11.1. The van der Waals surface area contributed by atoms with Gasteiger partial charge in [-0.3, -0.25) is 9.78 Å². The van der Waals surface area contributed by atoms with Crippen LogP contribution in [0, 0.1) is 47.3 Å². The molecule has 0 spiro atoms. The standard InChI is InChI=1S/C29H43NO3/c1-19-20(6-5-15-30-19)16-26(31)25-10-9-23-22-8-7-21-17-29(32,18-33-4)14-13-27(21,2)24(22)11-12-28(23,25)3/h5-6,15,21-25,32H,7-14,16-18H2,1-4H3/t21-,22+,23+,24+,25-,27+,28+,29-/m1/s1. The van der Waals surface area contributed by atoms with Crippen molar-refractivity contribution in [3.8, 4) is 0 Å². The van der Waals surface area contributed by atoms with Gasteiger partial charge in [0.1, 0.15) is 5.78 Å². The Morgan fingerprint density at radius 2 is 1.88 bits per heavy atom. The molecular weight excluding hydrogens is 410 g/mol. The van der Waals surface area contributed by atoms with Crippen molar-refractivity contribution in [1.29, 1.82) is 0 Å². The highest BCUT2D eigenvalue weighted by Gasteiger charge is 2.62. The predicted octanol–water partition coefficient (Wildman–Crippen LogP) is 5.54. The molecule has 4 saturated carbocycles. The molecule has 0 aromatic carbocycles. The SMILES string of the molecule is COC[C@@]1(O)CC[C@@]2(C)[C@H](CC[C@@H]3[C@@H]2CC[C@]2(C)[C@@H](C(=O)Cc4cccnc4C)CC[C@@H]32)C1. The maximum atomic E-state index is 13.5. The molecule has 1 aromatic rings. The summed E-state index contributed by atoms with van der Waals surface area (Å²) in [5.74, 6) is 3.41. The zero-order valence-electron chi connectivity index (χ0n) is 21.1. The maximum Gasteiger partial charge on any atom is 0.140 e. The number of ether oxygens (including phenoxy) is 1. The van der Waals surface area contributed by atoms with Crippen molar-refractivity contribution in [3.05, 3.63) is 29.6 Å². The fourth-order valence-electron chi connectivity index (χ4n) is 9.27. The minimum atomic E-state index is -0.635. The maximum absolute atomic E-state index is 13.5. The number of hydrogen-bond donors (Lipinski definition) is 1. The molecule has 0 unspecified atom stereocenters. The molecule has 4 fully saturated rings. The highest BCUT2D eigenvalue weighted by atomic mass is 16.5. The Balaban J connectivity index is 1.33. The summed E-state index contributed by atoms with van der Waals surface area (Å²) in [6.07, 6.45) is 12.5. The Morgan fingerprint density at radius 1 is 1.09 bits per heavy atom. The molecule has 0 amide bonds. The van der Waals surface area contributed by atoms with Crippen LogP contribution in [0.15, 0.2) is 18.3 Å². The van der Waals surface area contributed by atoms with Gasteiger partial charge in [-0.2, -0.15) is 0 Å². The van der Waals surface area contributed by atoms with Crippen LogP contribution >= 0.6 is 0 Å². The number of fused-ring (bicyclic) bond motifs is 5. The van der Waals surface area contributed by atoms with E-state index in [1.54, 1.807) is 7.11 Å². The zero-order valence-corrected chi connectivity index (χ0v) is 21.1. The van der Waals surface area contributed by atoms with Crippen molar-refractivity contribution >= 4 is 5.78 Å². The summed E-state index contributed by atoms with van der Waals surface area (Å²) < 4.78 is 5.37. The van der Waals surface area contributed by atoms with Crippen molar-refractivity contribution in [2.75, 3.05) is 13.7 Å². The number of methoxy groups -OCH3 is 1. The lowest BCUT2D eigenvalue weighted by Gasteiger charge is -2.62. The van der Waals surface area contributed by atoms with Gasteiger partial charge in [0.25, 0.3) is 0 Å². The molecule has 4 aliphatic rings. The molecule has 1 aromatic heterocycles. The van der Waals surface area contributed by atoms with E-state index in [1.165, 1.54) is 32.1 Å². The highest BCUT2D eigenvalue weighted by molar-refractivity contribution is 5.84. The van der Waals surface area contributed by atoms with Crippen molar-refractivity contribution < 1.29 is 14.6 Å². The lowest BCUT2D eigenvalue weighted by atomic mass is 9.44. The molecule has 1 N–H and O–H groups in total. The van der Waals surface area contributed by atoms with E-state index < -0.39 is 5.60 Å². The Labute approximate surface area is 199 Å². The average molecular weight is 454 g/mol. The first-order valence-electron chi connectivity index (χ1n) is 13.3. The van der Waals surface area contributed by atoms with Gasteiger partial charge in [-0.15, -0.1) is 0 Å². The molecule has 0 aliphatic heterocycles. The van der Waals surface area contributed by atoms with E-state index >= 15 is 0 Å². The molecule has 4 nitrogen and oxygen atoms in total. The summed E-state index contributed by atoms with van der Waals surface area (Å²) in [7, 11) is 1.71. The number of nitrogens with zero attached hydrogens (tertiary/aromatic N) is 1. The Bertz CT molecular complexity index is 901. The zero-order chi connectivity index (χ0) is 23.4. The largest absolute Gasteiger partial charge is 0.387 e. The number of hydrogen-bond acceptors (Lipinski definition) is 4. The Kier molecular flexibility index (Phi) is 6.01. The monoisotopic (exact) mass is 453 g/mol. The minimum Gasteiger partial charge on any atom is -0.387 e. The Morgan fingerprint density at radius 3 is 2.64 bits per heavy atom. The number of ketones is 1. The predicted molar refractivity (Wildman–Crippen MR) is 130 cm³/mol. The van der Waals surface area contributed by atoms with Gasteiger partial charge in [0.05, 0.1) is 12.2 Å². The van der Waals surface area contributed by atoms with E-state index in [4.69, 9.17) is 4.74 Å². The number of carbonyl (C=O) groups excluding carboxylic acids is 1. The highest BCUT2D eigenvalue weighted by Crippen LogP contribution is 2.68. The van der Waals surface area contributed by atoms with Crippen LogP contribution < -0.4 is 0 Å². The topological polar surface area (TPSA) is 59.4 Å². The van der Waals surface area contributed by atoms with Gasteiger partial charge in [-0.25, -0.2) is 0 Å². The summed E-state index contributed by atoms with van der Waals surface area (Å²) >= 11 is 0. The quantitative estimate of drug-likeness (QED) is 0.636. The van der Waals surface area contributed by atoms with Crippen LogP contribution in [-0.2, 0) is 16.0 Å². The molecular formula is C29H43NO3. The van der Waals surface area contributed by atoms with E-state index in [0.717, 1.165) is 48.8 Å². The van der Waals surface area contributed by atoms with Gasteiger partial charge < -0.3 is 9.84 Å². The van der Waals surface area contributed by atoms with E-state index in [-0.39, 0.29) is 11.3 Å². The first-order valence-corrected chi connectivity index (χ1v) is 13.3. The third-order valence-corrected chi connectivity index (χ3v) is 11.1. The van der Waals surface area contributed by atoms with Crippen LogP contribution in [0.25, 0.3) is 0 Å². The summed E-state index contributed by atoms with van der Waals surface area (Å²) in [5.41, 5.74) is 1.94. The van der Waals surface area contributed by atoms with Crippen molar-refractivity contribution in [2.45, 2.75) is 90.6 Å². The van der Waals surface area contributed by atoms with Crippen LogP contribution in [0.1, 0.15) is 82.9 Å². The van der Waals surface area contributed by atoms with E-state index in [1.807, 2.05) is 19.2 Å². The number of aromatic nitrogens is 1. The summed E-state index contributed by atoms with van der Waals surface area (Å²) in [6.45, 7) is 7.47. The molecule has 4 heteroatoms. The molecule has 4 aliphatic carbocycles. The van der Waals surface area contributed by atoms with Crippen LogP contribution in [0.5, 0.6) is 0 Å². The number of Topliss-reactive ketones (excluding diaryl/α,β-unsaturated/α-hetero) is 1. The van der Waals surface area contributed by atoms with Gasteiger partial charge in [0.15, 0.2) is 0 Å². The molecule has 33 heavy (non-hydrogen) atoms. The van der Waals surface area contributed by atoms with Crippen molar-refractivity contribution in [2.24, 2.45) is 40.4 Å². The fraction of sp³-hybridized carbons (Fsp3) is 0.793. The summed E-state index contributed by atoms with van der Waals surface area (Å²) in [4.78, 5) is 17.9. The van der Waals surface area contributed by atoms with Crippen LogP contribution in [0.2, 0.25) is 0 Å². The second-order valence-electron chi connectivity index (χ2n) is 12.6. The molecule has 182 valence electrons. The minimum absolute atomic E-state index is 0.156. The average Bonchev–Trinajstić information content (AvgIpc) is 3.13. The third-order valence-electron chi connectivity index (χ3n) is 11.1. The van der Waals surface area contributed by atoms with Gasteiger partial charge in [-0.05, 0) is 111 Å². The lowest BCUT2D eigenvalue weighted by Crippen LogP contribution is -2.56. The van der Waals surface area contributed by atoms with Crippen molar-refractivity contribution in [3.63, 3.8) is 0 Å². The van der Waals surface area contributed by atoms with E-state index in [9.17, 15) is 9.90 Å². The van der Waals surface area contributed by atoms with Crippen LogP contribution in [0.3, 0.4) is 0 Å². The fourth-order valence-corrected chi connectivity index (χ4v) is 9.27. The number of pyridine rings is 1. The second kappa shape index (κ2) is 8.45. The molecule has 1 heterocycles. The lowest BCUT2D eigenvalue weighted by molar-refractivity contribution is -0.164. The van der Waals surface area contributed by atoms with Crippen LogP contribution in [0.4, 0.5) is 0 Å². The summed E-state index contributed by atoms with van der Waals surface area (Å²) in [6, 6.07) is 4.03. The first-order chi connectivity index (χ1) is 15.7. The number of aliphatic hydroxyl groups is 1. The Hall–Kier alpha value is -1.26. The van der Waals surface area contributed by atoms with Gasteiger partial charge in [0, 0.05) is 31.3 Å². The number of aryl methyl sites for hydroxylation is 1. The molecule has 8 atom stereocenters. The molecule has 0 bridgehead atoms.